The largest absolute Gasteiger partial charge is 0.346 e. The highest BCUT2D eigenvalue weighted by atomic mass is 32.2. The second kappa shape index (κ2) is 9.37. The first-order chi connectivity index (χ1) is 14.6. The van der Waals surface area contributed by atoms with Gasteiger partial charge < -0.3 is 5.32 Å². The van der Waals surface area contributed by atoms with Crippen molar-refractivity contribution in [3.8, 4) is 6.07 Å². The second-order valence-electron chi connectivity index (χ2n) is 7.22. The molecule has 2 aromatic heterocycles. The summed E-state index contributed by atoms with van der Waals surface area (Å²) in [5.41, 5.74) is 5.14. The van der Waals surface area contributed by atoms with E-state index in [4.69, 9.17) is 4.98 Å². The van der Waals surface area contributed by atoms with Gasteiger partial charge in [-0.05, 0) is 49.8 Å². The molecule has 6 nitrogen and oxygen atoms in total. The van der Waals surface area contributed by atoms with Crippen molar-refractivity contribution in [2.45, 2.75) is 49.9 Å². The van der Waals surface area contributed by atoms with Gasteiger partial charge in [0, 0.05) is 12.2 Å². The van der Waals surface area contributed by atoms with Gasteiger partial charge in [-0.2, -0.15) is 5.26 Å². The van der Waals surface area contributed by atoms with Crippen LogP contribution < -0.4 is 5.32 Å². The molecule has 0 fully saturated rings. The number of fused-ring (bicyclic) bond motifs is 1. The number of benzene rings is 1. The van der Waals surface area contributed by atoms with Crippen molar-refractivity contribution >= 4 is 29.0 Å². The van der Waals surface area contributed by atoms with Crippen LogP contribution in [0.25, 0.3) is 0 Å². The molecule has 152 valence electrons. The fraction of sp³-hybridized carbons (Fsp3) is 0.318. The molecule has 0 bridgehead atoms. The van der Waals surface area contributed by atoms with Crippen LogP contribution in [0.3, 0.4) is 0 Å². The van der Waals surface area contributed by atoms with E-state index in [-0.39, 0.29) is 5.91 Å². The summed E-state index contributed by atoms with van der Waals surface area (Å²) in [6.45, 7) is 2.48. The van der Waals surface area contributed by atoms with E-state index in [2.05, 4.69) is 21.6 Å². The molecule has 0 radical (unpaired) electrons. The Labute approximate surface area is 183 Å². The number of carbonyl (C=O) groups is 1. The molecule has 8 heteroatoms. The third-order valence-electron chi connectivity index (χ3n) is 4.95. The molecule has 0 saturated carbocycles. The topological polar surface area (TPSA) is 91.6 Å². The first kappa shape index (κ1) is 20.5. The molecule has 1 N–H and O–H groups in total. The van der Waals surface area contributed by atoms with E-state index in [1.165, 1.54) is 34.2 Å². The van der Waals surface area contributed by atoms with Crippen molar-refractivity contribution in [2.75, 3.05) is 0 Å². The van der Waals surface area contributed by atoms with E-state index in [9.17, 15) is 10.1 Å². The van der Waals surface area contributed by atoms with E-state index in [0.717, 1.165) is 47.0 Å². The molecule has 1 aliphatic rings. The summed E-state index contributed by atoms with van der Waals surface area (Å²) < 4.78 is 0. The standard InChI is InChI=1S/C22H21N5OS2/c1-14-6-8-15(9-7-14)12-24-20(28)22-27-26-19(30-22)13-29-21-17(11-23)10-16-4-2-3-5-18(16)25-21/h6-10H,2-5,12-13H2,1H3,(H,24,28). The normalized spacial score (nSPS) is 12.8. The van der Waals surface area contributed by atoms with Crippen LogP contribution in [-0.4, -0.2) is 21.1 Å². The monoisotopic (exact) mass is 435 g/mol. The first-order valence-corrected chi connectivity index (χ1v) is 11.6. The van der Waals surface area contributed by atoms with Crippen LogP contribution in [0.15, 0.2) is 35.4 Å². The zero-order valence-electron chi connectivity index (χ0n) is 16.6. The van der Waals surface area contributed by atoms with Crippen LogP contribution in [0.4, 0.5) is 0 Å². The van der Waals surface area contributed by atoms with E-state index in [1.807, 2.05) is 37.3 Å². The molecule has 1 aliphatic carbocycles. The number of nitrogens with zero attached hydrogens (tertiary/aromatic N) is 4. The molecular formula is C22H21N5OS2. The number of aryl methyl sites for hydroxylation is 3. The third kappa shape index (κ3) is 4.86. The number of rotatable bonds is 6. The van der Waals surface area contributed by atoms with Gasteiger partial charge in [0.25, 0.3) is 5.91 Å². The average molecular weight is 436 g/mol. The Morgan fingerprint density at radius 3 is 2.83 bits per heavy atom. The van der Waals surface area contributed by atoms with Crippen molar-refractivity contribution in [1.29, 1.82) is 5.26 Å². The minimum absolute atomic E-state index is 0.228. The molecule has 0 saturated heterocycles. The maximum absolute atomic E-state index is 12.4. The summed E-state index contributed by atoms with van der Waals surface area (Å²) in [7, 11) is 0. The number of amides is 1. The number of thioether (sulfide) groups is 1. The Morgan fingerprint density at radius 2 is 2.03 bits per heavy atom. The summed E-state index contributed by atoms with van der Waals surface area (Å²) >= 11 is 2.75. The summed E-state index contributed by atoms with van der Waals surface area (Å²) in [6, 6.07) is 12.3. The highest BCUT2D eigenvalue weighted by Crippen LogP contribution is 2.29. The van der Waals surface area contributed by atoms with Crippen LogP contribution in [0, 0.1) is 18.3 Å². The zero-order valence-corrected chi connectivity index (χ0v) is 18.3. The summed E-state index contributed by atoms with van der Waals surface area (Å²) in [5.74, 6) is 0.303. The van der Waals surface area contributed by atoms with Crippen molar-refractivity contribution < 1.29 is 4.79 Å². The van der Waals surface area contributed by atoms with Gasteiger partial charge in [0.15, 0.2) is 0 Å². The van der Waals surface area contributed by atoms with Gasteiger partial charge in [0.1, 0.15) is 16.1 Å². The maximum Gasteiger partial charge on any atom is 0.282 e. The molecule has 3 aromatic rings. The Kier molecular flexibility index (Phi) is 6.41. The quantitative estimate of drug-likeness (QED) is 0.583. The van der Waals surface area contributed by atoms with Gasteiger partial charge >= 0.3 is 0 Å². The molecule has 0 aliphatic heterocycles. The average Bonchev–Trinajstić information content (AvgIpc) is 3.25. The van der Waals surface area contributed by atoms with Crippen molar-refractivity contribution in [2.24, 2.45) is 0 Å². The predicted molar refractivity (Wildman–Crippen MR) is 117 cm³/mol. The SMILES string of the molecule is Cc1ccc(CNC(=O)c2nnc(CSc3nc4c(cc3C#N)CCCC4)s2)cc1. The number of nitriles is 1. The van der Waals surface area contributed by atoms with Crippen LogP contribution in [0.2, 0.25) is 0 Å². The lowest BCUT2D eigenvalue weighted by Gasteiger charge is -2.16. The van der Waals surface area contributed by atoms with E-state index >= 15 is 0 Å². The number of hydrogen-bond acceptors (Lipinski definition) is 7. The Hall–Kier alpha value is -2.76. The molecule has 1 amide bonds. The number of pyridine rings is 1. The van der Waals surface area contributed by atoms with Crippen LogP contribution in [0.5, 0.6) is 0 Å². The van der Waals surface area contributed by atoms with Gasteiger partial charge in [0.05, 0.1) is 11.3 Å². The van der Waals surface area contributed by atoms with Crippen molar-refractivity contribution in [1.82, 2.24) is 20.5 Å². The van der Waals surface area contributed by atoms with Gasteiger partial charge in [-0.1, -0.05) is 52.9 Å². The van der Waals surface area contributed by atoms with Crippen LogP contribution in [-0.2, 0) is 25.1 Å². The Morgan fingerprint density at radius 1 is 1.23 bits per heavy atom. The van der Waals surface area contributed by atoms with Gasteiger partial charge in [-0.3, -0.25) is 4.79 Å². The van der Waals surface area contributed by atoms with E-state index in [1.54, 1.807) is 0 Å². The predicted octanol–water partition coefficient (Wildman–Crippen LogP) is 4.21. The summed E-state index contributed by atoms with van der Waals surface area (Å²) in [6.07, 6.45) is 4.27. The summed E-state index contributed by atoms with van der Waals surface area (Å²) in [4.78, 5) is 17.1. The Bertz CT molecular complexity index is 1100. The van der Waals surface area contributed by atoms with Crippen molar-refractivity contribution in [3.63, 3.8) is 0 Å². The van der Waals surface area contributed by atoms with Gasteiger partial charge in [0.2, 0.25) is 5.01 Å². The minimum Gasteiger partial charge on any atom is -0.346 e. The maximum atomic E-state index is 12.4. The van der Waals surface area contributed by atoms with Gasteiger partial charge in [-0.25, -0.2) is 4.98 Å². The van der Waals surface area contributed by atoms with Crippen LogP contribution in [0.1, 0.15) is 55.6 Å². The second-order valence-corrected chi connectivity index (χ2v) is 9.25. The molecule has 0 unspecified atom stereocenters. The lowest BCUT2D eigenvalue weighted by Crippen LogP contribution is -2.22. The molecule has 0 atom stereocenters. The first-order valence-electron chi connectivity index (χ1n) is 9.84. The summed E-state index contributed by atoms with van der Waals surface area (Å²) in [5, 5.41) is 22.3. The fourth-order valence-electron chi connectivity index (χ4n) is 3.30. The van der Waals surface area contributed by atoms with E-state index < -0.39 is 0 Å². The third-order valence-corrected chi connectivity index (χ3v) is 7.06. The molecular weight excluding hydrogens is 414 g/mol. The number of aromatic nitrogens is 3. The molecule has 30 heavy (non-hydrogen) atoms. The van der Waals surface area contributed by atoms with E-state index in [0.29, 0.717) is 22.9 Å². The molecule has 4 rings (SSSR count). The number of nitrogens with one attached hydrogen (secondary N) is 1. The lowest BCUT2D eigenvalue weighted by atomic mass is 9.95. The molecule has 0 spiro atoms. The number of carbonyl (C=O) groups excluding carboxylic acids is 1. The fourth-order valence-corrected chi connectivity index (χ4v) is 5.02. The molecule has 1 aromatic carbocycles. The zero-order chi connectivity index (χ0) is 20.9. The smallest absolute Gasteiger partial charge is 0.282 e. The van der Waals surface area contributed by atoms with Crippen LogP contribution >= 0.6 is 23.1 Å². The van der Waals surface area contributed by atoms with Crippen molar-refractivity contribution in [3.05, 3.63) is 68.3 Å². The highest BCUT2D eigenvalue weighted by molar-refractivity contribution is 7.98. The Balaban J connectivity index is 1.37. The lowest BCUT2D eigenvalue weighted by molar-refractivity contribution is 0.0950. The molecule has 2 heterocycles. The van der Waals surface area contributed by atoms with Gasteiger partial charge in [-0.15, -0.1) is 10.2 Å². The minimum atomic E-state index is -0.228. The number of hydrogen-bond donors (Lipinski definition) is 1. The highest BCUT2D eigenvalue weighted by Gasteiger charge is 2.17.